The standard InChI is InChI=1S/C24H25N3O/c1-2-3-4-6-17-9-10-19-22(15-17)27(16-18-11-13-26-14-12-18)21-8-5-7-20(23(19)21)24(25)28/h5,7-15H,2-4,6,16H2,1H3,(H2,25,28). The van der Waals surface area contributed by atoms with Crippen molar-refractivity contribution in [2.24, 2.45) is 5.73 Å². The van der Waals surface area contributed by atoms with Gasteiger partial charge in [-0.15, -0.1) is 0 Å². The van der Waals surface area contributed by atoms with Crippen molar-refractivity contribution >= 4 is 27.7 Å². The molecule has 4 rings (SSSR count). The van der Waals surface area contributed by atoms with E-state index >= 15 is 0 Å². The number of hydrogen-bond donors (Lipinski definition) is 1. The van der Waals surface area contributed by atoms with Gasteiger partial charge in [-0.2, -0.15) is 0 Å². The van der Waals surface area contributed by atoms with E-state index in [1.54, 1.807) is 0 Å². The SMILES string of the molecule is CCCCCc1ccc2c3c(C(N)=O)cccc3n(Cc3ccncc3)c2c1. The molecule has 2 aromatic carbocycles. The fourth-order valence-electron chi connectivity index (χ4n) is 3.97. The van der Waals surface area contributed by atoms with Crippen LogP contribution in [0.3, 0.4) is 0 Å². The number of aryl methyl sites for hydroxylation is 1. The molecule has 1 amide bonds. The molecule has 28 heavy (non-hydrogen) atoms. The average Bonchev–Trinajstić information content (AvgIpc) is 3.02. The summed E-state index contributed by atoms with van der Waals surface area (Å²) in [7, 11) is 0. The van der Waals surface area contributed by atoms with Crippen LogP contribution in [0.5, 0.6) is 0 Å². The predicted octanol–water partition coefficient (Wildman–Crippen LogP) is 5.07. The van der Waals surface area contributed by atoms with Gasteiger partial charge in [0.2, 0.25) is 5.91 Å². The molecule has 2 heterocycles. The Balaban J connectivity index is 1.92. The van der Waals surface area contributed by atoms with Crippen LogP contribution in [0.25, 0.3) is 21.8 Å². The Kier molecular flexibility index (Phi) is 5.11. The van der Waals surface area contributed by atoms with Crippen molar-refractivity contribution in [1.29, 1.82) is 0 Å². The lowest BCUT2D eigenvalue weighted by molar-refractivity contribution is 0.100. The van der Waals surface area contributed by atoms with E-state index in [-0.39, 0.29) is 5.91 Å². The Hall–Kier alpha value is -3.14. The van der Waals surface area contributed by atoms with Crippen LogP contribution < -0.4 is 5.73 Å². The molecular weight excluding hydrogens is 346 g/mol. The van der Waals surface area contributed by atoms with E-state index in [0.717, 1.165) is 34.8 Å². The second kappa shape index (κ2) is 7.85. The third-order valence-corrected chi connectivity index (χ3v) is 5.38. The Labute approximate surface area is 165 Å². The van der Waals surface area contributed by atoms with Crippen LogP contribution in [0, 0.1) is 0 Å². The van der Waals surface area contributed by atoms with Gasteiger partial charge in [0.15, 0.2) is 0 Å². The molecule has 0 radical (unpaired) electrons. The summed E-state index contributed by atoms with van der Waals surface area (Å²) in [5.74, 6) is -0.388. The predicted molar refractivity (Wildman–Crippen MR) is 115 cm³/mol. The van der Waals surface area contributed by atoms with E-state index in [0.29, 0.717) is 5.56 Å². The second-order valence-electron chi connectivity index (χ2n) is 7.31. The molecule has 0 aliphatic rings. The Morgan fingerprint density at radius 2 is 1.82 bits per heavy atom. The molecule has 4 heteroatoms. The van der Waals surface area contributed by atoms with Crippen molar-refractivity contribution in [1.82, 2.24) is 9.55 Å². The molecule has 0 bridgehead atoms. The first kappa shape index (κ1) is 18.2. The van der Waals surface area contributed by atoms with Gasteiger partial charge in [0.1, 0.15) is 0 Å². The molecule has 142 valence electrons. The van der Waals surface area contributed by atoms with Crippen molar-refractivity contribution in [2.45, 2.75) is 39.2 Å². The zero-order chi connectivity index (χ0) is 19.5. The number of pyridine rings is 1. The first-order chi connectivity index (χ1) is 13.7. The van der Waals surface area contributed by atoms with Crippen LogP contribution in [0.2, 0.25) is 0 Å². The number of unbranched alkanes of at least 4 members (excludes halogenated alkanes) is 2. The van der Waals surface area contributed by atoms with E-state index in [4.69, 9.17) is 5.73 Å². The highest BCUT2D eigenvalue weighted by molar-refractivity contribution is 6.17. The summed E-state index contributed by atoms with van der Waals surface area (Å²) in [6.45, 7) is 2.95. The van der Waals surface area contributed by atoms with E-state index < -0.39 is 0 Å². The maximum absolute atomic E-state index is 12.1. The highest BCUT2D eigenvalue weighted by Crippen LogP contribution is 2.33. The number of nitrogens with zero attached hydrogens (tertiary/aromatic N) is 2. The minimum atomic E-state index is -0.388. The molecule has 4 nitrogen and oxygen atoms in total. The maximum atomic E-state index is 12.1. The molecule has 0 spiro atoms. The molecule has 0 saturated carbocycles. The van der Waals surface area contributed by atoms with Crippen molar-refractivity contribution in [3.05, 3.63) is 77.6 Å². The number of amides is 1. The van der Waals surface area contributed by atoms with E-state index in [1.165, 1.54) is 30.4 Å². The van der Waals surface area contributed by atoms with Crippen molar-refractivity contribution in [3.63, 3.8) is 0 Å². The molecule has 0 aliphatic carbocycles. The van der Waals surface area contributed by atoms with Gasteiger partial charge in [-0.1, -0.05) is 38.0 Å². The molecule has 4 aromatic rings. The van der Waals surface area contributed by atoms with Crippen LogP contribution in [-0.4, -0.2) is 15.5 Å². The second-order valence-corrected chi connectivity index (χ2v) is 7.31. The third kappa shape index (κ3) is 3.38. The molecule has 2 N–H and O–H groups in total. The minimum absolute atomic E-state index is 0.388. The molecule has 0 fully saturated rings. The molecular formula is C24H25N3O. The van der Waals surface area contributed by atoms with Crippen LogP contribution in [0.15, 0.2) is 60.9 Å². The number of primary amides is 1. The van der Waals surface area contributed by atoms with Gasteiger partial charge in [0.05, 0.1) is 5.52 Å². The summed E-state index contributed by atoms with van der Waals surface area (Å²) in [6.07, 6.45) is 8.35. The number of fused-ring (bicyclic) bond motifs is 3. The van der Waals surface area contributed by atoms with Crippen LogP contribution in [0.4, 0.5) is 0 Å². The number of rotatable bonds is 7. The largest absolute Gasteiger partial charge is 0.366 e. The molecule has 0 aliphatic heterocycles. The zero-order valence-electron chi connectivity index (χ0n) is 16.2. The van der Waals surface area contributed by atoms with Gasteiger partial charge in [-0.05, 0) is 54.3 Å². The summed E-state index contributed by atoms with van der Waals surface area (Å²) in [5, 5.41) is 2.02. The highest BCUT2D eigenvalue weighted by Gasteiger charge is 2.17. The summed E-state index contributed by atoms with van der Waals surface area (Å²) in [5.41, 5.74) is 11.0. The topological polar surface area (TPSA) is 60.9 Å². The number of carbonyl (C=O) groups is 1. The van der Waals surface area contributed by atoms with Gasteiger partial charge in [-0.3, -0.25) is 9.78 Å². The fraction of sp³-hybridized carbons (Fsp3) is 0.250. The van der Waals surface area contributed by atoms with Gasteiger partial charge in [0.25, 0.3) is 0 Å². The lowest BCUT2D eigenvalue weighted by Gasteiger charge is -2.09. The minimum Gasteiger partial charge on any atom is -0.366 e. The molecule has 2 aromatic heterocycles. The highest BCUT2D eigenvalue weighted by atomic mass is 16.1. The third-order valence-electron chi connectivity index (χ3n) is 5.38. The zero-order valence-corrected chi connectivity index (χ0v) is 16.2. The van der Waals surface area contributed by atoms with Gasteiger partial charge in [-0.25, -0.2) is 0 Å². The number of benzene rings is 2. The van der Waals surface area contributed by atoms with Crippen LogP contribution >= 0.6 is 0 Å². The summed E-state index contributed by atoms with van der Waals surface area (Å²) in [4.78, 5) is 16.2. The van der Waals surface area contributed by atoms with Crippen LogP contribution in [0.1, 0.15) is 47.7 Å². The lowest BCUT2D eigenvalue weighted by Crippen LogP contribution is -2.11. The fourth-order valence-corrected chi connectivity index (χ4v) is 3.97. The lowest BCUT2D eigenvalue weighted by atomic mass is 10.0. The molecule has 0 atom stereocenters. The van der Waals surface area contributed by atoms with Crippen molar-refractivity contribution in [2.75, 3.05) is 0 Å². The first-order valence-electron chi connectivity index (χ1n) is 9.91. The number of hydrogen-bond acceptors (Lipinski definition) is 2. The Morgan fingerprint density at radius 1 is 1.00 bits per heavy atom. The normalized spacial score (nSPS) is 11.3. The average molecular weight is 371 g/mol. The Bertz CT molecular complexity index is 1130. The van der Waals surface area contributed by atoms with Crippen molar-refractivity contribution < 1.29 is 4.79 Å². The summed E-state index contributed by atoms with van der Waals surface area (Å²) >= 11 is 0. The van der Waals surface area contributed by atoms with Gasteiger partial charge < -0.3 is 10.3 Å². The number of aromatic nitrogens is 2. The van der Waals surface area contributed by atoms with E-state index in [1.807, 2.05) is 36.7 Å². The monoisotopic (exact) mass is 371 g/mol. The summed E-state index contributed by atoms with van der Waals surface area (Å²) < 4.78 is 2.29. The van der Waals surface area contributed by atoms with Crippen molar-refractivity contribution in [3.8, 4) is 0 Å². The Morgan fingerprint density at radius 3 is 2.57 bits per heavy atom. The first-order valence-corrected chi connectivity index (χ1v) is 9.91. The number of nitrogens with two attached hydrogens (primary N) is 1. The van der Waals surface area contributed by atoms with Crippen LogP contribution in [-0.2, 0) is 13.0 Å². The smallest absolute Gasteiger partial charge is 0.249 e. The van der Waals surface area contributed by atoms with E-state index in [2.05, 4.69) is 40.7 Å². The van der Waals surface area contributed by atoms with E-state index in [9.17, 15) is 4.79 Å². The molecule has 0 saturated heterocycles. The van der Waals surface area contributed by atoms with Gasteiger partial charge >= 0.3 is 0 Å². The quantitative estimate of drug-likeness (QED) is 0.461. The molecule has 0 unspecified atom stereocenters. The maximum Gasteiger partial charge on any atom is 0.249 e. The number of carbonyl (C=O) groups excluding carboxylic acids is 1. The summed E-state index contributed by atoms with van der Waals surface area (Å²) in [6, 6.07) is 16.5. The van der Waals surface area contributed by atoms with Gasteiger partial charge in [0, 0.05) is 40.8 Å².